The topological polar surface area (TPSA) is 54.7 Å². The predicted octanol–water partition coefficient (Wildman–Crippen LogP) is 3.61. The Morgan fingerprint density at radius 3 is 2.74 bits per heavy atom. The molecule has 0 fully saturated rings. The highest BCUT2D eigenvalue weighted by molar-refractivity contribution is 7.15. The number of thiophene rings is 1. The zero-order valence-electron chi connectivity index (χ0n) is 11.9. The van der Waals surface area contributed by atoms with Gasteiger partial charge in [-0.15, -0.1) is 11.3 Å². The summed E-state index contributed by atoms with van der Waals surface area (Å²) < 4.78 is 0. The van der Waals surface area contributed by atoms with E-state index in [4.69, 9.17) is 5.73 Å². The molecule has 1 atom stereocenters. The predicted molar refractivity (Wildman–Crippen MR) is 82.3 cm³/mol. The van der Waals surface area contributed by atoms with Gasteiger partial charge in [0.2, 0.25) is 0 Å². The van der Waals surface area contributed by atoms with Gasteiger partial charge in [0.25, 0.3) is 0 Å². The lowest BCUT2D eigenvalue weighted by molar-refractivity contribution is 0.409. The number of nitrogens with two attached hydrogens (primary N) is 1. The fourth-order valence-electron chi connectivity index (χ4n) is 2.37. The second-order valence-electron chi connectivity index (χ2n) is 5.59. The lowest BCUT2D eigenvalue weighted by Crippen LogP contribution is -2.19. The van der Waals surface area contributed by atoms with Gasteiger partial charge >= 0.3 is 0 Å². The highest BCUT2D eigenvalue weighted by atomic mass is 32.1. The summed E-state index contributed by atoms with van der Waals surface area (Å²) in [4.78, 5) is 10.5. The van der Waals surface area contributed by atoms with E-state index >= 15 is 0 Å². The van der Waals surface area contributed by atoms with Gasteiger partial charge < -0.3 is 10.7 Å². The summed E-state index contributed by atoms with van der Waals surface area (Å²) in [7, 11) is 0. The molecule has 0 aromatic carbocycles. The molecule has 3 N–H and O–H groups in total. The number of hydrogen-bond acceptors (Lipinski definition) is 3. The monoisotopic (exact) mass is 277 g/mol. The molecule has 2 aromatic heterocycles. The van der Waals surface area contributed by atoms with Crippen LogP contribution in [0.2, 0.25) is 0 Å². The van der Waals surface area contributed by atoms with Crippen LogP contribution in [0.5, 0.6) is 0 Å². The number of H-pyrrole nitrogens is 1. The number of aromatic nitrogens is 2. The van der Waals surface area contributed by atoms with E-state index in [0.29, 0.717) is 11.8 Å². The van der Waals surface area contributed by atoms with E-state index in [2.05, 4.69) is 42.9 Å². The molecule has 0 aliphatic carbocycles. The summed E-state index contributed by atoms with van der Waals surface area (Å²) in [5.74, 6) is 2.25. The van der Waals surface area contributed by atoms with Gasteiger partial charge in [0.15, 0.2) is 0 Å². The van der Waals surface area contributed by atoms with Gasteiger partial charge in [-0.25, -0.2) is 4.98 Å². The second-order valence-corrected chi connectivity index (χ2v) is 6.88. The molecular weight excluding hydrogens is 254 g/mol. The van der Waals surface area contributed by atoms with E-state index < -0.39 is 0 Å². The number of rotatable bonds is 6. The standard InChI is InChI=1S/C15H23N3S/c1-10(2)6-12(8-16)7-15-17-9-13(18-15)14-5-4-11(3)19-14/h4-5,9-10,12H,6-8,16H2,1-3H3,(H,17,18). The minimum atomic E-state index is 0.518. The Kier molecular flexibility index (Phi) is 4.77. The quantitative estimate of drug-likeness (QED) is 0.847. The second kappa shape index (κ2) is 6.35. The van der Waals surface area contributed by atoms with E-state index in [1.165, 1.54) is 9.75 Å². The third kappa shape index (κ3) is 3.91. The van der Waals surface area contributed by atoms with E-state index in [1.807, 2.05) is 6.20 Å². The SMILES string of the molecule is Cc1ccc(-c2cnc(CC(CN)CC(C)C)[nH]2)s1. The Morgan fingerprint density at radius 2 is 2.16 bits per heavy atom. The van der Waals surface area contributed by atoms with Crippen LogP contribution in [-0.2, 0) is 6.42 Å². The van der Waals surface area contributed by atoms with E-state index in [0.717, 1.165) is 30.9 Å². The minimum absolute atomic E-state index is 0.518. The van der Waals surface area contributed by atoms with Crippen molar-refractivity contribution in [1.29, 1.82) is 0 Å². The Morgan fingerprint density at radius 1 is 1.37 bits per heavy atom. The van der Waals surface area contributed by atoms with Gasteiger partial charge in [-0.3, -0.25) is 0 Å². The lowest BCUT2D eigenvalue weighted by atomic mass is 9.94. The molecule has 0 radical (unpaired) electrons. The first kappa shape index (κ1) is 14.3. The molecule has 0 bridgehead atoms. The number of aryl methyl sites for hydroxylation is 1. The summed E-state index contributed by atoms with van der Waals surface area (Å²) >= 11 is 1.79. The van der Waals surface area contributed by atoms with Crippen LogP contribution in [0, 0.1) is 18.8 Å². The highest BCUT2D eigenvalue weighted by Gasteiger charge is 2.13. The average Bonchev–Trinajstić information content (AvgIpc) is 2.96. The summed E-state index contributed by atoms with van der Waals surface area (Å²) in [6.45, 7) is 7.33. The maximum absolute atomic E-state index is 5.85. The van der Waals surface area contributed by atoms with Crippen molar-refractivity contribution in [1.82, 2.24) is 9.97 Å². The molecule has 2 rings (SSSR count). The summed E-state index contributed by atoms with van der Waals surface area (Å²) in [6.07, 6.45) is 4.03. The van der Waals surface area contributed by atoms with Gasteiger partial charge in [-0.1, -0.05) is 13.8 Å². The van der Waals surface area contributed by atoms with Crippen molar-refractivity contribution in [3.63, 3.8) is 0 Å². The van der Waals surface area contributed by atoms with Crippen LogP contribution in [0.25, 0.3) is 10.6 Å². The van der Waals surface area contributed by atoms with Crippen LogP contribution in [0.15, 0.2) is 18.3 Å². The van der Waals surface area contributed by atoms with Crippen molar-refractivity contribution in [3.05, 3.63) is 29.0 Å². The molecule has 3 nitrogen and oxygen atoms in total. The Labute approximate surface area is 119 Å². The van der Waals surface area contributed by atoms with Crippen LogP contribution in [-0.4, -0.2) is 16.5 Å². The molecule has 0 spiro atoms. The average molecular weight is 277 g/mol. The number of aromatic amines is 1. The fourth-order valence-corrected chi connectivity index (χ4v) is 3.21. The molecule has 0 aliphatic rings. The molecule has 2 aromatic rings. The van der Waals surface area contributed by atoms with Crippen LogP contribution >= 0.6 is 11.3 Å². The highest BCUT2D eigenvalue weighted by Crippen LogP contribution is 2.26. The first-order valence-electron chi connectivity index (χ1n) is 6.89. The summed E-state index contributed by atoms with van der Waals surface area (Å²) in [6, 6.07) is 4.29. The smallest absolute Gasteiger partial charge is 0.106 e. The van der Waals surface area contributed by atoms with Crippen LogP contribution in [0.1, 0.15) is 31.0 Å². The number of nitrogens with one attached hydrogen (secondary N) is 1. The van der Waals surface area contributed by atoms with Crippen molar-refractivity contribution in [2.75, 3.05) is 6.54 Å². The maximum Gasteiger partial charge on any atom is 0.106 e. The summed E-state index contributed by atoms with van der Waals surface area (Å²) in [5.41, 5.74) is 6.97. The summed E-state index contributed by atoms with van der Waals surface area (Å²) in [5, 5.41) is 0. The maximum atomic E-state index is 5.85. The first-order valence-corrected chi connectivity index (χ1v) is 7.71. The third-order valence-corrected chi connectivity index (χ3v) is 4.29. The van der Waals surface area contributed by atoms with Gasteiger partial charge in [0.1, 0.15) is 5.82 Å². The van der Waals surface area contributed by atoms with Crippen LogP contribution in [0.4, 0.5) is 0 Å². The number of nitrogens with zero attached hydrogens (tertiary/aromatic N) is 1. The molecular formula is C15H23N3S. The molecule has 104 valence electrons. The molecule has 0 saturated carbocycles. The van der Waals surface area contributed by atoms with Crippen LogP contribution in [0.3, 0.4) is 0 Å². The molecule has 4 heteroatoms. The first-order chi connectivity index (χ1) is 9.08. The van der Waals surface area contributed by atoms with Crippen molar-refractivity contribution in [2.45, 2.75) is 33.6 Å². The van der Waals surface area contributed by atoms with Crippen LogP contribution < -0.4 is 5.73 Å². The van der Waals surface area contributed by atoms with Crippen molar-refractivity contribution in [3.8, 4) is 10.6 Å². The molecule has 19 heavy (non-hydrogen) atoms. The Bertz CT molecular complexity index is 513. The minimum Gasteiger partial charge on any atom is -0.341 e. The van der Waals surface area contributed by atoms with Gasteiger partial charge in [-0.05, 0) is 43.9 Å². The van der Waals surface area contributed by atoms with E-state index in [1.54, 1.807) is 11.3 Å². The molecule has 1 unspecified atom stereocenters. The number of imidazole rings is 1. The van der Waals surface area contributed by atoms with Gasteiger partial charge in [0.05, 0.1) is 16.8 Å². The largest absolute Gasteiger partial charge is 0.341 e. The fraction of sp³-hybridized carbons (Fsp3) is 0.533. The van der Waals surface area contributed by atoms with Crippen molar-refractivity contribution in [2.24, 2.45) is 17.6 Å². The van der Waals surface area contributed by atoms with E-state index in [9.17, 15) is 0 Å². The Hall–Kier alpha value is -1.13. The molecule has 0 saturated heterocycles. The van der Waals surface area contributed by atoms with Gasteiger partial charge in [-0.2, -0.15) is 0 Å². The third-order valence-electron chi connectivity index (χ3n) is 3.25. The van der Waals surface area contributed by atoms with Crippen molar-refractivity contribution < 1.29 is 0 Å². The van der Waals surface area contributed by atoms with Gasteiger partial charge in [0, 0.05) is 11.3 Å². The molecule has 0 amide bonds. The molecule has 2 heterocycles. The Balaban J connectivity index is 2.04. The normalized spacial score (nSPS) is 13.1. The lowest BCUT2D eigenvalue weighted by Gasteiger charge is -2.15. The van der Waals surface area contributed by atoms with E-state index in [-0.39, 0.29) is 0 Å². The zero-order valence-corrected chi connectivity index (χ0v) is 12.8. The zero-order chi connectivity index (χ0) is 13.8. The van der Waals surface area contributed by atoms with Crippen molar-refractivity contribution >= 4 is 11.3 Å². The number of hydrogen-bond donors (Lipinski definition) is 2. The molecule has 0 aliphatic heterocycles.